The molecule has 0 aromatic rings. The van der Waals surface area contributed by atoms with Crippen LogP contribution < -0.4 is 5.32 Å². The zero-order chi connectivity index (χ0) is 18.4. The highest BCUT2D eigenvalue weighted by Gasteiger charge is 2.36. The maximum atomic E-state index is 12.4. The second-order valence-electron chi connectivity index (χ2n) is 6.52. The van der Waals surface area contributed by atoms with Crippen LogP contribution in [0, 0.1) is 0 Å². The molecule has 0 atom stereocenters. The molecule has 0 saturated carbocycles. The van der Waals surface area contributed by atoms with Crippen molar-refractivity contribution in [3.8, 4) is 0 Å². The van der Waals surface area contributed by atoms with Crippen LogP contribution in [0.1, 0.15) is 47.5 Å². The molecule has 0 unspecified atom stereocenters. The van der Waals surface area contributed by atoms with Crippen molar-refractivity contribution in [1.82, 2.24) is 10.2 Å². The minimum Gasteiger partial charge on any atom is -0.444 e. The number of hydrogen-bond donors (Lipinski definition) is 1. The number of piperidine rings is 1. The van der Waals surface area contributed by atoms with E-state index in [2.05, 4.69) is 5.32 Å². The quantitative estimate of drug-likeness (QED) is 0.726. The molecule has 0 spiro atoms. The van der Waals surface area contributed by atoms with Crippen molar-refractivity contribution in [1.29, 1.82) is 0 Å². The number of likely N-dealkylation sites (tertiary alicyclic amines) is 1. The van der Waals surface area contributed by atoms with Gasteiger partial charge in [0, 0.05) is 19.1 Å². The molecule has 0 aromatic heterocycles. The highest BCUT2D eigenvalue weighted by Crippen LogP contribution is 2.48. The largest absolute Gasteiger partial charge is 0.444 e. The van der Waals surface area contributed by atoms with Crippen LogP contribution in [0.3, 0.4) is 0 Å². The first kappa shape index (κ1) is 20.9. The first-order valence-corrected chi connectivity index (χ1v) is 9.83. The Morgan fingerprint density at radius 3 is 2.04 bits per heavy atom. The number of carbonyl (C=O) groups excluding carboxylic acids is 2. The van der Waals surface area contributed by atoms with Crippen LogP contribution in [0.5, 0.6) is 0 Å². The summed E-state index contributed by atoms with van der Waals surface area (Å²) in [7, 11) is -3.79. The fourth-order valence-corrected chi connectivity index (χ4v) is 3.61. The Hall–Kier alpha value is -1.11. The van der Waals surface area contributed by atoms with E-state index < -0.39 is 18.8 Å². The van der Waals surface area contributed by atoms with Gasteiger partial charge < -0.3 is 24.0 Å². The summed E-state index contributed by atoms with van der Waals surface area (Å²) in [5, 5.41) is 2.71. The SMILES string of the molecule is CCOP(=O)(OCC)C(=O)NC1CCN(C(=O)OC(C)(C)C)CC1. The molecule has 0 radical (unpaired) electrons. The van der Waals surface area contributed by atoms with Gasteiger partial charge in [0.2, 0.25) is 0 Å². The highest BCUT2D eigenvalue weighted by molar-refractivity contribution is 7.71. The predicted octanol–water partition coefficient (Wildman–Crippen LogP) is 3.36. The van der Waals surface area contributed by atoms with Crippen LogP contribution in [-0.4, -0.2) is 54.6 Å². The van der Waals surface area contributed by atoms with Crippen LogP contribution in [0.2, 0.25) is 0 Å². The summed E-state index contributed by atoms with van der Waals surface area (Å²) in [4.78, 5) is 25.8. The van der Waals surface area contributed by atoms with Gasteiger partial charge in [0.1, 0.15) is 5.60 Å². The molecule has 1 saturated heterocycles. The highest BCUT2D eigenvalue weighted by atomic mass is 31.2. The molecule has 0 aliphatic carbocycles. The van der Waals surface area contributed by atoms with Crippen LogP contribution in [0.25, 0.3) is 0 Å². The molecule has 1 rings (SSSR count). The third-order valence-electron chi connectivity index (χ3n) is 3.32. The Morgan fingerprint density at radius 2 is 1.62 bits per heavy atom. The minimum atomic E-state index is -3.79. The van der Waals surface area contributed by atoms with E-state index in [1.54, 1.807) is 18.7 Å². The molecule has 1 heterocycles. The first-order valence-electron chi connectivity index (χ1n) is 8.29. The lowest BCUT2D eigenvalue weighted by Gasteiger charge is -2.34. The molecule has 1 aliphatic rings. The Labute approximate surface area is 143 Å². The second kappa shape index (κ2) is 8.83. The van der Waals surface area contributed by atoms with Crippen LogP contribution in [0.15, 0.2) is 0 Å². The van der Waals surface area contributed by atoms with Gasteiger partial charge in [-0.3, -0.25) is 4.79 Å². The van der Waals surface area contributed by atoms with E-state index in [4.69, 9.17) is 13.8 Å². The summed E-state index contributed by atoms with van der Waals surface area (Å²) >= 11 is 0. The van der Waals surface area contributed by atoms with E-state index in [1.165, 1.54) is 0 Å². The van der Waals surface area contributed by atoms with Crippen molar-refractivity contribution in [3.63, 3.8) is 0 Å². The van der Waals surface area contributed by atoms with E-state index in [0.717, 1.165) is 0 Å². The number of carbonyl (C=O) groups is 2. The summed E-state index contributed by atoms with van der Waals surface area (Å²) in [5.74, 6) is 0. The van der Waals surface area contributed by atoms with Crippen molar-refractivity contribution in [2.24, 2.45) is 0 Å². The van der Waals surface area contributed by atoms with Crippen molar-refractivity contribution < 1.29 is 27.9 Å². The van der Waals surface area contributed by atoms with Crippen LogP contribution in [0.4, 0.5) is 9.59 Å². The Morgan fingerprint density at radius 1 is 1.12 bits per heavy atom. The van der Waals surface area contributed by atoms with Gasteiger partial charge in [0.25, 0.3) is 0 Å². The predicted molar refractivity (Wildman–Crippen MR) is 90.2 cm³/mol. The smallest absolute Gasteiger partial charge is 0.418 e. The molecule has 24 heavy (non-hydrogen) atoms. The molecular weight excluding hydrogens is 335 g/mol. The van der Waals surface area contributed by atoms with Crippen LogP contribution >= 0.6 is 7.60 Å². The molecule has 1 N–H and O–H groups in total. The summed E-state index contributed by atoms with van der Waals surface area (Å²) in [6.07, 6.45) is 0.758. The van der Waals surface area contributed by atoms with E-state index in [9.17, 15) is 14.2 Å². The summed E-state index contributed by atoms with van der Waals surface area (Å²) in [5.41, 5.74) is -1.26. The standard InChI is InChI=1S/C15H29N2O6P/c1-6-21-24(20,22-7-2)13(18)16-12-8-10-17(11-9-12)14(19)23-15(3,4)5/h12H,6-11H2,1-5H3,(H,16,18). The van der Waals surface area contributed by atoms with Crippen molar-refractivity contribution in [2.45, 2.75) is 59.1 Å². The normalized spacial score (nSPS) is 16.8. The zero-order valence-electron chi connectivity index (χ0n) is 15.2. The van der Waals surface area contributed by atoms with E-state index in [0.29, 0.717) is 25.9 Å². The molecule has 2 amide bonds. The first-order chi connectivity index (χ1) is 11.1. The number of nitrogens with one attached hydrogen (secondary N) is 1. The molecule has 8 nitrogen and oxygen atoms in total. The van der Waals surface area contributed by atoms with Gasteiger partial charge in [0.15, 0.2) is 0 Å². The maximum Gasteiger partial charge on any atom is 0.418 e. The minimum absolute atomic E-state index is 0.127. The Kier molecular flexibility index (Phi) is 7.70. The molecule has 1 aliphatic heterocycles. The van der Waals surface area contributed by atoms with Gasteiger partial charge in [-0.15, -0.1) is 0 Å². The number of rotatable bonds is 6. The molecule has 1 fully saturated rings. The number of amides is 2. The number of nitrogens with zero attached hydrogens (tertiary/aromatic N) is 1. The monoisotopic (exact) mass is 364 g/mol. The van der Waals surface area contributed by atoms with Crippen molar-refractivity contribution in [2.75, 3.05) is 26.3 Å². The second-order valence-corrected chi connectivity index (χ2v) is 8.44. The van der Waals surface area contributed by atoms with Gasteiger partial charge in [-0.05, 0) is 47.5 Å². The average Bonchev–Trinajstić information content (AvgIpc) is 2.46. The molecule has 0 aromatic carbocycles. The summed E-state index contributed by atoms with van der Waals surface area (Å²) in [6, 6.07) is -0.176. The zero-order valence-corrected chi connectivity index (χ0v) is 16.1. The lowest BCUT2D eigenvalue weighted by molar-refractivity contribution is 0.0201. The van der Waals surface area contributed by atoms with Gasteiger partial charge in [0.05, 0.1) is 13.2 Å². The third kappa shape index (κ3) is 6.42. The van der Waals surface area contributed by atoms with Crippen molar-refractivity contribution >= 4 is 19.3 Å². The summed E-state index contributed by atoms with van der Waals surface area (Å²) in [6.45, 7) is 9.94. The fourth-order valence-electron chi connectivity index (χ4n) is 2.28. The molecule has 9 heteroatoms. The lowest BCUT2D eigenvalue weighted by atomic mass is 10.1. The molecule has 0 bridgehead atoms. The fraction of sp³-hybridized carbons (Fsp3) is 0.867. The van der Waals surface area contributed by atoms with Crippen LogP contribution in [-0.2, 0) is 18.3 Å². The lowest BCUT2D eigenvalue weighted by Crippen LogP contribution is -2.47. The topological polar surface area (TPSA) is 94.2 Å². The number of ether oxygens (including phenoxy) is 1. The molecular formula is C15H29N2O6P. The maximum absolute atomic E-state index is 12.4. The third-order valence-corrected chi connectivity index (χ3v) is 5.14. The Balaban J connectivity index is 2.52. The van der Waals surface area contributed by atoms with E-state index >= 15 is 0 Å². The van der Waals surface area contributed by atoms with Gasteiger partial charge in [-0.1, -0.05) is 0 Å². The van der Waals surface area contributed by atoms with Gasteiger partial charge in [-0.25, -0.2) is 9.36 Å². The van der Waals surface area contributed by atoms with E-state index in [1.807, 2.05) is 20.8 Å². The summed E-state index contributed by atoms with van der Waals surface area (Å²) < 4.78 is 27.8. The average molecular weight is 364 g/mol. The molecule has 140 valence electrons. The number of hydrogen-bond acceptors (Lipinski definition) is 6. The Bertz CT molecular complexity index is 473. The van der Waals surface area contributed by atoms with E-state index in [-0.39, 0.29) is 25.3 Å². The van der Waals surface area contributed by atoms with Gasteiger partial charge in [-0.2, -0.15) is 0 Å². The van der Waals surface area contributed by atoms with Gasteiger partial charge >= 0.3 is 19.3 Å². The van der Waals surface area contributed by atoms with Crippen molar-refractivity contribution in [3.05, 3.63) is 0 Å².